The van der Waals surface area contributed by atoms with Crippen LogP contribution < -0.4 is 5.73 Å². The van der Waals surface area contributed by atoms with Crippen LogP contribution in [0.3, 0.4) is 0 Å². The largest absolute Gasteiger partial charge is 0.399 e. The molecule has 1 fully saturated rings. The van der Waals surface area contributed by atoms with Crippen LogP contribution in [0.2, 0.25) is 0 Å². The third-order valence-corrected chi connectivity index (χ3v) is 5.01. The number of thiophene rings is 1. The van der Waals surface area contributed by atoms with Gasteiger partial charge in [-0.1, -0.05) is 0 Å². The van der Waals surface area contributed by atoms with Crippen LogP contribution >= 0.6 is 11.3 Å². The van der Waals surface area contributed by atoms with Crippen molar-refractivity contribution in [1.29, 1.82) is 0 Å². The van der Waals surface area contributed by atoms with Gasteiger partial charge in [-0.25, -0.2) is 0 Å². The minimum atomic E-state index is 0.0621. The van der Waals surface area contributed by atoms with E-state index in [9.17, 15) is 4.79 Å². The predicted molar refractivity (Wildman–Crippen MR) is 82.1 cm³/mol. The number of benzene rings is 1. The number of nitrogens with two attached hydrogens (primary N) is 1. The van der Waals surface area contributed by atoms with Crippen LogP contribution in [0, 0.1) is 0 Å². The van der Waals surface area contributed by atoms with Crippen LogP contribution in [0.4, 0.5) is 5.69 Å². The van der Waals surface area contributed by atoms with Gasteiger partial charge >= 0.3 is 0 Å². The Kier molecular flexibility index (Phi) is 3.40. The molecule has 2 heterocycles. The SMILES string of the molecule is CC1OCCC1N(C)C(=O)c1cc2cc(N)ccc2s1. The van der Waals surface area contributed by atoms with Crippen LogP contribution in [0.5, 0.6) is 0 Å². The molecular formula is C15H18N2O2S. The third-order valence-electron chi connectivity index (χ3n) is 3.91. The average molecular weight is 290 g/mol. The summed E-state index contributed by atoms with van der Waals surface area (Å²) >= 11 is 1.51. The minimum absolute atomic E-state index is 0.0621. The van der Waals surface area contributed by atoms with Crippen molar-refractivity contribution in [3.63, 3.8) is 0 Å². The Balaban J connectivity index is 1.88. The zero-order valence-electron chi connectivity index (χ0n) is 11.6. The molecule has 4 nitrogen and oxygen atoms in total. The number of nitrogens with zero attached hydrogens (tertiary/aromatic N) is 1. The Labute approximate surface area is 122 Å². The van der Waals surface area contributed by atoms with Crippen LogP contribution in [0.25, 0.3) is 10.1 Å². The number of nitrogen functional groups attached to an aromatic ring is 1. The quantitative estimate of drug-likeness (QED) is 0.865. The second-order valence-corrected chi connectivity index (χ2v) is 6.34. The van der Waals surface area contributed by atoms with E-state index >= 15 is 0 Å². The molecule has 0 spiro atoms. The molecule has 3 rings (SSSR count). The molecule has 2 aromatic rings. The van der Waals surface area contributed by atoms with Gasteiger partial charge in [0.2, 0.25) is 0 Å². The molecule has 1 amide bonds. The van der Waals surface area contributed by atoms with Crippen molar-refractivity contribution in [2.75, 3.05) is 19.4 Å². The number of carbonyl (C=O) groups is 1. The van der Waals surface area contributed by atoms with Crippen molar-refractivity contribution in [2.45, 2.75) is 25.5 Å². The Bertz CT molecular complexity index is 652. The molecule has 1 aromatic carbocycles. The molecule has 0 bridgehead atoms. The second-order valence-electron chi connectivity index (χ2n) is 5.26. The normalized spacial score (nSPS) is 22.3. The molecule has 0 saturated carbocycles. The molecule has 2 N–H and O–H groups in total. The van der Waals surface area contributed by atoms with Crippen molar-refractivity contribution >= 4 is 33.0 Å². The number of anilines is 1. The molecule has 2 atom stereocenters. The van der Waals surface area contributed by atoms with Crippen molar-refractivity contribution in [1.82, 2.24) is 4.90 Å². The smallest absolute Gasteiger partial charge is 0.264 e. The molecule has 106 valence electrons. The van der Waals surface area contributed by atoms with Gasteiger partial charge in [0.15, 0.2) is 0 Å². The summed E-state index contributed by atoms with van der Waals surface area (Å²) in [4.78, 5) is 15.1. The fraction of sp³-hybridized carbons (Fsp3) is 0.400. The first-order valence-corrected chi connectivity index (χ1v) is 7.56. The number of hydrogen-bond acceptors (Lipinski definition) is 4. The highest BCUT2D eigenvalue weighted by atomic mass is 32.1. The number of rotatable bonds is 2. The zero-order valence-corrected chi connectivity index (χ0v) is 12.4. The van der Waals surface area contributed by atoms with E-state index in [1.54, 1.807) is 0 Å². The lowest BCUT2D eigenvalue weighted by atomic mass is 10.1. The molecule has 20 heavy (non-hydrogen) atoms. The molecule has 0 aliphatic carbocycles. The molecule has 5 heteroatoms. The maximum absolute atomic E-state index is 12.6. The summed E-state index contributed by atoms with van der Waals surface area (Å²) in [6.07, 6.45) is 1.01. The number of fused-ring (bicyclic) bond motifs is 1. The summed E-state index contributed by atoms with van der Waals surface area (Å²) in [5, 5.41) is 1.03. The lowest BCUT2D eigenvalue weighted by molar-refractivity contribution is 0.0578. The highest BCUT2D eigenvalue weighted by Gasteiger charge is 2.31. The van der Waals surface area contributed by atoms with Gasteiger partial charge in [-0.05, 0) is 43.0 Å². The van der Waals surface area contributed by atoms with Gasteiger partial charge in [-0.15, -0.1) is 11.3 Å². The van der Waals surface area contributed by atoms with E-state index in [2.05, 4.69) is 0 Å². The van der Waals surface area contributed by atoms with E-state index in [4.69, 9.17) is 10.5 Å². The van der Waals surface area contributed by atoms with Crippen LogP contribution in [0.1, 0.15) is 23.0 Å². The van der Waals surface area contributed by atoms with Gasteiger partial charge in [-0.2, -0.15) is 0 Å². The standard InChI is InChI=1S/C15H18N2O2S/c1-9-12(5-6-19-9)17(2)15(18)14-8-10-7-11(16)3-4-13(10)20-14/h3-4,7-9,12H,5-6,16H2,1-2H3. The van der Waals surface area contributed by atoms with Crippen LogP contribution in [0.15, 0.2) is 24.3 Å². The van der Waals surface area contributed by atoms with Crippen molar-refractivity contribution in [2.24, 2.45) is 0 Å². The third kappa shape index (κ3) is 2.27. The van der Waals surface area contributed by atoms with E-state index in [-0.39, 0.29) is 18.1 Å². The molecule has 1 aliphatic heterocycles. The summed E-state index contributed by atoms with van der Waals surface area (Å²) in [6, 6.07) is 7.83. The first-order valence-electron chi connectivity index (χ1n) is 6.74. The Morgan fingerprint density at radius 1 is 1.45 bits per heavy atom. The summed E-state index contributed by atoms with van der Waals surface area (Å²) in [7, 11) is 1.86. The summed E-state index contributed by atoms with van der Waals surface area (Å²) in [5.41, 5.74) is 6.50. The molecule has 1 aliphatic rings. The minimum Gasteiger partial charge on any atom is -0.399 e. The van der Waals surface area contributed by atoms with E-state index in [1.165, 1.54) is 11.3 Å². The monoisotopic (exact) mass is 290 g/mol. The fourth-order valence-corrected chi connectivity index (χ4v) is 3.75. The van der Waals surface area contributed by atoms with Gasteiger partial charge in [-0.3, -0.25) is 4.79 Å². The zero-order chi connectivity index (χ0) is 14.3. The highest BCUT2D eigenvalue weighted by Crippen LogP contribution is 2.29. The number of ether oxygens (including phenoxy) is 1. The number of likely N-dealkylation sites (N-methyl/N-ethyl adjacent to an activating group) is 1. The Morgan fingerprint density at radius 3 is 2.95 bits per heavy atom. The molecular weight excluding hydrogens is 272 g/mol. The second kappa shape index (κ2) is 5.07. The van der Waals surface area contributed by atoms with Gasteiger partial charge in [0.05, 0.1) is 17.0 Å². The summed E-state index contributed by atoms with van der Waals surface area (Å²) in [5.74, 6) is 0.0621. The molecule has 0 radical (unpaired) electrons. The first-order chi connectivity index (χ1) is 9.56. The molecule has 2 unspecified atom stereocenters. The maximum atomic E-state index is 12.6. The van der Waals surface area contributed by atoms with Crippen LogP contribution in [-0.2, 0) is 4.74 Å². The van der Waals surface area contributed by atoms with E-state index < -0.39 is 0 Å². The van der Waals surface area contributed by atoms with Gasteiger partial charge in [0.25, 0.3) is 5.91 Å². The van der Waals surface area contributed by atoms with Crippen molar-refractivity contribution < 1.29 is 9.53 Å². The predicted octanol–water partition coefficient (Wildman–Crippen LogP) is 2.73. The average Bonchev–Trinajstić information content (AvgIpc) is 3.02. The summed E-state index contributed by atoms with van der Waals surface area (Å²) < 4.78 is 6.63. The van der Waals surface area contributed by atoms with Crippen molar-refractivity contribution in [3.05, 3.63) is 29.1 Å². The van der Waals surface area contributed by atoms with Gasteiger partial charge in [0, 0.05) is 24.0 Å². The number of amides is 1. The lowest BCUT2D eigenvalue weighted by Gasteiger charge is -2.26. The van der Waals surface area contributed by atoms with Gasteiger partial charge in [0.1, 0.15) is 0 Å². The number of carbonyl (C=O) groups excluding carboxylic acids is 1. The summed E-state index contributed by atoms with van der Waals surface area (Å²) in [6.45, 7) is 2.75. The van der Waals surface area contributed by atoms with E-state index in [1.807, 2.05) is 43.1 Å². The van der Waals surface area contributed by atoms with Crippen LogP contribution in [-0.4, -0.2) is 36.6 Å². The first kappa shape index (κ1) is 13.4. The highest BCUT2D eigenvalue weighted by molar-refractivity contribution is 7.20. The lowest BCUT2D eigenvalue weighted by Crippen LogP contribution is -2.40. The topological polar surface area (TPSA) is 55.6 Å². The Hall–Kier alpha value is -1.59. The molecule has 1 saturated heterocycles. The Morgan fingerprint density at radius 2 is 2.25 bits per heavy atom. The fourth-order valence-electron chi connectivity index (χ4n) is 2.72. The van der Waals surface area contributed by atoms with E-state index in [0.29, 0.717) is 0 Å². The van der Waals surface area contributed by atoms with Gasteiger partial charge < -0.3 is 15.4 Å². The number of hydrogen-bond donors (Lipinski definition) is 1. The maximum Gasteiger partial charge on any atom is 0.264 e. The van der Waals surface area contributed by atoms with E-state index in [0.717, 1.165) is 33.7 Å². The molecule has 1 aromatic heterocycles. The van der Waals surface area contributed by atoms with Crippen molar-refractivity contribution in [3.8, 4) is 0 Å².